The molecule has 0 N–H and O–H groups in total. The van der Waals surface area contributed by atoms with Crippen molar-refractivity contribution in [2.75, 3.05) is 0 Å². The minimum Gasteiger partial charge on any atom is -0.361 e. The van der Waals surface area contributed by atoms with Crippen LogP contribution >= 0.6 is 22.9 Å². The molecule has 4 nitrogen and oxygen atoms in total. The molecule has 3 heterocycles. The van der Waals surface area contributed by atoms with E-state index in [4.69, 9.17) is 16.1 Å². The zero-order chi connectivity index (χ0) is 18.6. The molecule has 0 aliphatic heterocycles. The van der Waals surface area contributed by atoms with Crippen LogP contribution in [0.3, 0.4) is 0 Å². The van der Waals surface area contributed by atoms with Gasteiger partial charge in [0.2, 0.25) is 0 Å². The summed E-state index contributed by atoms with van der Waals surface area (Å²) in [6.45, 7) is 0. The molecule has 0 radical (unpaired) electrons. The maximum absolute atomic E-state index is 12.2. The van der Waals surface area contributed by atoms with E-state index in [0.29, 0.717) is 27.8 Å². The summed E-state index contributed by atoms with van der Waals surface area (Å²) in [5.74, 6) is 0.746. The third-order valence-corrected chi connectivity index (χ3v) is 5.43. The molecular weight excluding hydrogens is 380 g/mol. The Bertz CT molecular complexity index is 1070. The summed E-state index contributed by atoms with van der Waals surface area (Å²) in [5, 5.41) is 4.16. The molecule has 0 atom stereocenters. The van der Waals surface area contributed by atoms with Crippen molar-refractivity contribution < 1.29 is 9.32 Å². The zero-order valence-electron chi connectivity index (χ0n) is 14.3. The quantitative estimate of drug-likeness (QED) is 0.380. The molecule has 4 aromatic rings. The highest BCUT2D eigenvalue weighted by Gasteiger charge is 2.12. The van der Waals surface area contributed by atoms with Gasteiger partial charge in [-0.05, 0) is 29.8 Å². The summed E-state index contributed by atoms with van der Waals surface area (Å²) in [4.78, 5) is 17.0. The highest BCUT2D eigenvalue weighted by atomic mass is 35.5. The number of carbonyl (C=O) groups is 1. The van der Waals surface area contributed by atoms with Crippen LogP contribution in [0.1, 0.15) is 21.9 Å². The van der Waals surface area contributed by atoms with Gasteiger partial charge in [0.05, 0.1) is 9.21 Å². The summed E-state index contributed by atoms with van der Waals surface area (Å²) >= 11 is 7.18. The van der Waals surface area contributed by atoms with Crippen molar-refractivity contribution in [2.24, 2.45) is 0 Å². The highest BCUT2D eigenvalue weighted by molar-refractivity contribution is 7.18. The Labute approximate surface area is 165 Å². The molecule has 0 unspecified atom stereocenters. The second-order valence-corrected chi connectivity index (χ2v) is 7.74. The molecule has 3 aromatic heterocycles. The summed E-state index contributed by atoms with van der Waals surface area (Å²) in [5.41, 5.74) is 3.82. The van der Waals surface area contributed by atoms with E-state index in [1.54, 1.807) is 18.3 Å². The number of carbonyl (C=O) groups excluding carboxylic acids is 1. The maximum Gasteiger partial charge on any atom is 0.173 e. The van der Waals surface area contributed by atoms with Crippen LogP contribution in [0.2, 0.25) is 4.34 Å². The van der Waals surface area contributed by atoms with Gasteiger partial charge in [-0.1, -0.05) is 41.0 Å². The average molecular weight is 395 g/mol. The van der Waals surface area contributed by atoms with Crippen LogP contribution < -0.4 is 0 Å². The number of thiophene rings is 1. The molecule has 0 spiro atoms. The lowest BCUT2D eigenvalue weighted by Gasteiger charge is -2.02. The van der Waals surface area contributed by atoms with Gasteiger partial charge in [0, 0.05) is 42.4 Å². The van der Waals surface area contributed by atoms with E-state index in [1.807, 2.05) is 42.6 Å². The Balaban J connectivity index is 1.47. The Hall–Kier alpha value is -2.76. The Kier molecular flexibility index (Phi) is 5.14. The molecule has 27 heavy (non-hydrogen) atoms. The second-order valence-electron chi connectivity index (χ2n) is 6.03. The van der Waals surface area contributed by atoms with E-state index in [0.717, 1.165) is 22.4 Å². The summed E-state index contributed by atoms with van der Waals surface area (Å²) < 4.78 is 6.04. The smallest absolute Gasteiger partial charge is 0.173 e. The lowest BCUT2D eigenvalue weighted by Crippen LogP contribution is -1.97. The monoisotopic (exact) mass is 394 g/mol. The number of halogens is 1. The fourth-order valence-corrected chi connectivity index (χ4v) is 3.79. The minimum absolute atomic E-state index is 0.0587. The first-order valence-corrected chi connectivity index (χ1v) is 9.63. The van der Waals surface area contributed by atoms with Crippen molar-refractivity contribution >= 4 is 28.7 Å². The van der Waals surface area contributed by atoms with Gasteiger partial charge in [0.15, 0.2) is 5.78 Å². The number of nitrogens with zero attached hydrogens (tertiary/aromatic N) is 2. The van der Waals surface area contributed by atoms with Gasteiger partial charge >= 0.3 is 0 Å². The van der Waals surface area contributed by atoms with Crippen LogP contribution in [0.4, 0.5) is 0 Å². The summed E-state index contributed by atoms with van der Waals surface area (Å²) in [7, 11) is 0. The Morgan fingerprint density at radius 2 is 1.89 bits per heavy atom. The van der Waals surface area contributed by atoms with Crippen molar-refractivity contribution in [1.29, 1.82) is 0 Å². The standard InChI is InChI=1S/C21H15ClN2O2S/c22-21-9-8-20(27-21)19(25)7-6-17-12-18(24-26-17)15-4-1-3-14(11-15)16-5-2-10-23-13-16/h1-5,8-13H,6-7H2. The number of rotatable bonds is 6. The van der Waals surface area contributed by atoms with E-state index in [2.05, 4.69) is 16.2 Å². The Morgan fingerprint density at radius 3 is 2.67 bits per heavy atom. The molecule has 0 aliphatic carbocycles. The van der Waals surface area contributed by atoms with Gasteiger partial charge in [-0.2, -0.15) is 0 Å². The van der Waals surface area contributed by atoms with Crippen molar-refractivity contribution in [1.82, 2.24) is 10.1 Å². The fourth-order valence-electron chi connectivity index (χ4n) is 2.78. The molecular formula is C21H15ClN2O2S. The van der Waals surface area contributed by atoms with Crippen molar-refractivity contribution in [3.05, 3.63) is 82.0 Å². The topological polar surface area (TPSA) is 56.0 Å². The molecule has 6 heteroatoms. The van der Waals surface area contributed by atoms with E-state index < -0.39 is 0 Å². The zero-order valence-corrected chi connectivity index (χ0v) is 15.8. The van der Waals surface area contributed by atoms with Crippen molar-refractivity contribution in [3.63, 3.8) is 0 Å². The third kappa shape index (κ3) is 4.15. The van der Waals surface area contributed by atoms with Crippen LogP contribution in [-0.2, 0) is 6.42 Å². The molecule has 0 saturated heterocycles. The Morgan fingerprint density at radius 1 is 1.04 bits per heavy atom. The third-order valence-electron chi connectivity index (χ3n) is 4.16. The molecule has 0 aliphatic rings. The van der Waals surface area contributed by atoms with Gasteiger partial charge in [0.25, 0.3) is 0 Å². The predicted molar refractivity (Wildman–Crippen MR) is 107 cm³/mol. The van der Waals surface area contributed by atoms with E-state index >= 15 is 0 Å². The van der Waals surface area contributed by atoms with Gasteiger partial charge in [0.1, 0.15) is 11.5 Å². The molecule has 0 bridgehead atoms. The molecule has 1 aromatic carbocycles. The number of aromatic nitrogens is 2. The number of Topliss-reactive ketones (excluding diaryl/α,β-unsaturated/α-hetero) is 1. The first-order valence-electron chi connectivity index (χ1n) is 8.44. The van der Waals surface area contributed by atoms with Crippen molar-refractivity contribution in [2.45, 2.75) is 12.8 Å². The second kappa shape index (κ2) is 7.86. The predicted octanol–water partition coefficient (Wildman–Crippen LogP) is 5.93. The number of hydrogen-bond acceptors (Lipinski definition) is 5. The lowest BCUT2D eigenvalue weighted by molar-refractivity contribution is 0.0984. The van der Waals surface area contributed by atoms with Gasteiger partial charge in [-0.25, -0.2) is 0 Å². The first-order chi connectivity index (χ1) is 13.2. The highest BCUT2D eigenvalue weighted by Crippen LogP contribution is 2.27. The van der Waals surface area contributed by atoms with E-state index in [-0.39, 0.29) is 5.78 Å². The number of pyridine rings is 1. The molecule has 0 saturated carbocycles. The fraction of sp³-hybridized carbons (Fsp3) is 0.0952. The number of hydrogen-bond donors (Lipinski definition) is 0. The molecule has 134 valence electrons. The normalized spacial score (nSPS) is 10.9. The summed E-state index contributed by atoms with van der Waals surface area (Å²) in [6.07, 6.45) is 4.45. The molecule has 4 rings (SSSR count). The van der Waals surface area contributed by atoms with Crippen LogP contribution in [-0.4, -0.2) is 15.9 Å². The first kappa shape index (κ1) is 17.6. The van der Waals surface area contributed by atoms with E-state index in [1.165, 1.54) is 11.3 Å². The van der Waals surface area contributed by atoms with Gasteiger partial charge in [-0.3, -0.25) is 9.78 Å². The SMILES string of the molecule is O=C(CCc1cc(-c2cccc(-c3cccnc3)c2)no1)c1ccc(Cl)s1. The van der Waals surface area contributed by atoms with E-state index in [9.17, 15) is 4.79 Å². The summed E-state index contributed by atoms with van der Waals surface area (Å²) in [6, 6.07) is 17.4. The number of aryl methyl sites for hydroxylation is 1. The average Bonchev–Trinajstić information content (AvgIpc) is 3.36. The van der Waals surface area contributed by atoms with Gasteiger partial charge in [-0.15, -0.1) is 11.3 Å². The van der Waals surface area contributed by atoms with Crippen LogP contribution in [0.5, 0.6) is 0 Å². The molecule has 0 amide bonds. The van der Waals surface area contributed by atoms with Crippen LogP contribution in [0.15, 0.2) is 71.5 Å². The lowest BCUT2D eigenvalue weighted by atomic mass is 10.0. The number of benzene rings is 1. The molecule has 0 fully saturated rings. The van der Waals surface area contributed by atoms with Crippen molar-refractivity contribution in [3.8, 4) is 22.4 Å². The number of ketones is 1. The van der Waals surface area contributed by atoms with Crippen LogP contribution in [0, 0.1) is 0 Å². The maximum atomic E-state index is 12.2. The largest absolute Gasteiger partial charge is 0.361 e. The minimum atomic E-state index is 0.0587. The van der Waals surface area contributed by atoms with Crippen LogP contribution in [0.25, 0.3) is 22.4 Å². The van der Waals surface area contributed by atoms with Gasteiger partial charge < -0.3 is 4.52 Å².